The lowest BCUT2D eigenvalue weighted by atomic mass is 10.1. The van der Waals surface area contributed by atoms with Crippen molar-refractivity contribution in [2.24, 2.45) is 0 Å². The molecule has 0 aliphatic rings. The first kappa shape index (κ1) is 17.6. The predicted molar refractivity (Wildman–Crippen MR) is 77.5 cm³/mol. The van der Waals surface area contributed by atoms with Crippen LogP contribution in [0.3, 0.4) is 0 Å². The van der Waals surface area contributed by atoms with Crippen LogP contribution in [-0.4, -0.2) is 30.6 Å². The van der Waals surface area contributed by atoms with E-state index >= 15 is 0 Å². The summed E-state index contributed by atoms with van der Waals surface area (Å²) in [6.07, 6.45) is 0.578. The van der Waals surface area contributed by atoms with Gasteiger partial charge in [-0.1, -0.05) is 19.1 Å². The third-order valence-corrected chi connectivity index (χ3v) is 2.84. The first-order chi connectivity index (χ1) is 10.4. The summed E-state index contributed by atoms with van der Waals surface area (Å²) in [6.45, 7) is 3.12. The van der Waals surface area contributed by atoms with Gasteiger partial charge in [0.15, 0.2) is 6.61 Å². The molecular weight excluding hydrogens is 291 g/mol. The Morgan fingerprint density at radius 3 is 2.68 bits per heavy atom. The molecular formula is C15H19FN2O4. The minimum Gasteiger partial charge on any atom is -0.455 e. The highest BCUT2D eigenvalue weighted by molar-refractivity contribution is 5.95. The molecule has 0 aliphatic heterocycles. The standard InChI is InChI=1S/C15H19FN2O4/c1-3-10(2)17-15(21)18-13(19)9-22-14(20)8-11-5-4-6-12(16)7-11/h4-7,10H,3,8-9H2,1-2H3,(H2,17,18,19,21)/t10-/m0/s1. The molecule has 0 aromatic heterocycles. The minimum absolute atomic E-state index is 0.0664. The largest absolute Gasteiger partial charge is 0.455 e. The maximum atomic E-state index is 12.9. The van der Waals surface area contributed by atoms with Crippen molar-refractivity contribution >= 4 is 17.9 Å². The summed E-state index contributed by atoms with van der Waals surface area (Å²) in [6, 6.07) is 4.82. The number of hydrogen-bond acceptors (Lipinski definition) is 4. The van der Waals surface area contributed by atoms with Gasteiger partial charge < -0.3 is 10.1 Å². The van der Waals surface area contributed by atoms with E-state index in [9.17, 15) is 18.8 Å². The van der Waals surface area contributed by atoms with Gasteiger partial charge in [-0.25, -0.2) is 9.18 Å². The van der Waals surface area contributed by atoms with E-state index in [0.29, 0.717) is 5.56 Å². The lowest BCUT2D eigenvalue weighted by molar-refractivity contribution is -0.147. The molecule has 120 valence electrons. The minimum atomic E-state index is -0.728. The molecule has 0 spiro atoms. The van der Waals surface area contributed by atoms with Crippen LogP contribution in [0.2, 0.25) is 0 Å². The van der Waals surface area contributed by atoms with Crippen molar-refractivity contribution in [2.45, 2.75) is 32.7 Å². The van der Waals surface area contributed by atoms with Gasteiger partial charge in [0.1, 0.15) is 5.82 Å². The molecule has 2 N–H and O–H groups in total. The fourth-order valence-electron chi connectivity index (χ4n) is 1.54. The van der Waals surface area contributed by atoms with Gasteiger partial charge in [-0.15, -0.1) is 0 Å². The lowest BCUT2D eigenvalue weighted by Crippen LogP contribution is -2.44. The SMILES string of the molecule is CC[C@H](C)NC(=O)NC(=O)COC(=O)Cc1cccc(F)c1. The second-order valence-corrected chi connectivity index (χ2v) is 4.80. The molecule has 0 bridgehead atoms. The number of imide groups is 1. The van der Waals surface area contributed by atoms with Crippen LogP contribution < -0.4 is 10.6 Å². The van der Waals surface area contributed by atoms with Crippen LogP contribution in [0.1, 0.15) is 25.8 Å². The lowest BCUT2D eigenvalue weighted by Gasteiger charge is -2.11. The van der Waals surface area contributed by atoms with Gasteiger partial charge >= 0.3 is 12.0 Å². The smallest absolute Gasteiger partial charge is 0.321 e. The van der Waals surface area contributed by atoms with Crippen molar-refractivity contribution in [3.63, 3.8) is 0 Å². The van der Waals surface area contributed by atoms with Crippen LogP contribution in [0, 0.1) is 5.82 Å². The summed E-state index contributed by atoms with van der Waals surface area (Å²) in [4.78, 5) is 34.3. The summed E-state index contributed by atoms with van der Waals surface area (Å²) < 4.78 is 17.7. The zero-order chi connectivity index (χ0) is 16.5. The zero-order valence-electron chi connectivity index (χ0n) is 12.5. The molecule has 0 heterocycles. The highest BCUT2D eigenvalue weighted by atomic mass is 19.1. The first-order valence-electron chi connectivity index (χ1n) is 6.91. The Labute approximate surface area is 128 Å². The van der Waals surface area contributed by atoms with Crippen LogP contribution >= 0.6 is 0 Å². The van der Waals surface area contributed by atoms with E-state index in [1.807, 2.05) is 12.2 Å². The number of hydrogen-bond donors (Lipinski definition) is 2. The number of benzene rings is 1. The van der Waals surface area contributed by atoms with Crippen LogP contribution in [0.25, 0.3) is 0 Å². The topological polar surface area (TPSA) is 84.5 Å². The highest BCUT2D eigenvalue weighted by Gasteiger charge is 2.12. The maximum absolute atomic E-state index is 12.9. The Morgan fingerprint density at radius 1 is 1.32 bits per heavy atom. The van der Waals surface area contributed by atoms with Crippen molar-refractivity contribution in [1.82, 2.24) is 10.6 Å². The number of urea groups is 1. The highest BCUT2D eigenvalue weighted by Crippen LogP contribution is 2.04. The Kier molecular flexibility index (Phi) is 7.01. The maximum Gasteiger partial charge on any atom is 0.321 e. The third-order valence-electron chi connectivity index (χ3n) is 2.84. The summed E-state index contributed by atoms with van der Waals surface area (Å²) in [5.74, 6) is -1.86. The Balaban J connectivity index is 2.31. The number of carbonyl (C=O) groups excluding carboxylic acids is 3. The molecule has 0 aliphatic carbocycles. The number of esters is 1. The molecule has 3 amide bonds. The zero-order valence-corrected chi connectivity index (χ0v) is 12.5. The van der Waals surface area contributed by atoms with Crippen molar-refractivity contribution in [3.8, 4) is 0 Å². The second kappa shape index (κ2) is 8.76. The molecule has 1 atom stereocenters. The summed E-state index contributed by atoms with van der Waals surface area (Å²) in [5.41, 5.74) is 0.444. The van der Waals surface area contributed by atoms with Gasteiger partial charge in [0.2, 0.25) is 0 Å². The molecule has 0 saturated carbocycles. The fourth-order valence-corrected chi connectivity index (χ4v) is 1.54. The quantitative estimate of drug-likeness (QED) is 0.781. The number of ether oxygens (including phenoxy) is 1. The first-order valence-corrected chi connectivity index (χ1v) is 6.91. The van der Waals surface area contributed by atoms with Crippen molar-refractivity contribution < 1.29 is 23.5 Å². The van der Waals surface area contributed by atoms with Crippen molar-refractivity contribution in [3.05, 3.63) is 35.6 Å². The number of halogens is 1. The molecule has 0 unspecified atom stereocenters. The van der Waals surface area contributed by atoms with Crippen LogP contribution in [0.5, 0.6) is 0 Å². The van der Waals surface area contributed by atoms with Crippen molar-refractivity contribution in [2.75, 3.05) is 6.61 Å². The number of amides is 3. The molecule has 1 rings (SSSR count). The molecule has 1 aromatic carbocycles. The predicted octanol–water partition coefficient (Wildman–Crippen LogP) is 1.54. The summed E-state index contributed by atoms with van der Waals surface area (Å²) >= 11 is 0. The van der Waals surface area contributed by atoms with E-state index in [0.717, 1.165) is 6.42 Å². The molecule has 22 heavy (non-hydrogen) atoms. The molecule has 1 aromatic rings. The number of nitrogens with one attached hydrogen (secondary N) is 2. The van der Waals surface area contributed by atoms with Gasteiger partial charge in [-0.2, -0.15) is 0 Å². The van der Waals surface area contributed by atoms with E-state index in [-0.39, 0.29) is 12.5 Å². The summed E-state index contributed by atoms with van der Waals surface area (Å²) in [5, 5.41) is 4.59. The monoisotopic (exact) mass is 310 g/mol. The van der Waals surface area contributed by atoms with Crippen LogP contribution in [-0.2, 0) is 20.7 Å². The number of carbonyl (C=O) groups is 3. The molecule has 0 saturated heterocycles. The average Bonchev–Trinajstić information content (AvgIpc) is 2.44. The number of rotatable bonds is 6. The van der Waals surface area contributed by atoms with E-state index in [4.69, 9.17) is 4.74 Å². The van der Waals surface area contributed by atoms with Crippen molar-refractivity contribution in [1.29, 1.82) is 0 Å². The van der Waals surface area contributed by atoms with E-state index in [1.54, 1.807) is 13.0 Å². The van der Waals surface area contributed by atoms with Gasteiger partial charge in [-0.3, -0.25) is 14.9 Å². The van der Waals surface area contributed by atoms with Gasteiger partial charge in [0, 0.05) is 6.04 Å². The Bertz CT molecular complexity index is 548. The van der Waals surface area contributed by atoms with Gasteiger partial charge in [0.05, 0.1) is 6.42 Å². The third kappa shape index (κ3) is 6.83. The Morgan fingerprint density at radius 2 is 2.05 bits per heavy atom. The fraction of sp³-hybridized carbons (Fsp3) is 0.400. The van der Waals surface area contributed by atoms with E-state index < -0.39 is 30.3 Å². The Hall–Kier alpha value is -2.44. The molecule has 6 nitrogen and oxygen atoms in total. The normalized spacial score (nSPS) is 11.4. The van der Waals surface area contributed by atoms with Gasteiger partial charge in [0.25, 0.3) is 5.91 Å². The van der Waals surface area contributed by atoms with Crippen LogP contribution in [0.4, 0.5) is 9.18 Å². The second-order valence-electron chi connectivity index (χ2n) is 4.80. The average molecular weight is 310 g/mol. The van der Waals surface area contributed by atoms with Gasteiger partial charge in [-0.05, 0) is 31.0 Å². The van der Waals surface area contributed by atoms with Crippen LogP contribution in [0.15, 0.2) is 24.3 Å². The van der Waals surface area contributed by atoms with E-state index in [2.05, 4.69) is 5.32 Å². The summed E-state index contributed by atoms with van der Waals surface area (Å²) in [7, 11) is 0. The van der Waals surface area contributed by atoms with E-state index in [1.165, 1.54) is 18.2 Å². The molecule has 7 heteroatoms. The molecule has 0 fully saturated rings. The molecule has 0 radical (unpaired) electrons.